The van der Waals surface area contributed by atoms with Gasteiger partial charge in [0.15, 0.2) is 0 Å². The zero-order valence-electron chi connectivity index (χ0n) is 21.2. The zero-order chi connectivity index (χ0) is 26.8. The van der Waals surface area contributed by atoms with Crippen molar-refractivity contribution in [2.75, 3.05) is 13.7 Å². The number of carbonyl (C=O) groups is 5. The first-order valence-electron chi connectivity index (χ1n) is 11.8. The Balaban J connectivity index is 2.00. The molecule has 198 valence electrons. The number of benzene rings is 1. The van der Waals surface area contributed by atoms with Crippen LogP contribution in [0.4, 0.5) is 4.79 Å². The van der Waals surface area contributed by atoms with Crippen molar-refractivity contribution in [3.05, 3.63) is 35.9 Å². The van der Waals surface area contributed by atoms with E-state index in [1.807, 2.05) is 6.07 Å². The molecule has 1 aliphatic carbocycles. The molecule has 11 nitrogen and oxygen atoms in total. The standard InChI is InChI=1S/C25H35N3O8/c1-24(2,3)36-20(30)14-18(21(31)28-25(22(32)34-4)12-8-9-13-25)27-19(29)15-26-23(33)35-16-17-10-6-5-7-11-17/h5-7,10-11,18H,8-9,12-16H2,1-4H3,(H,26,33)(H,27,29)(H,28,31). The van der Waals surface area contributed by atoms with E-state index in [1.54, 1.807) is 45.0 Å². The molecule has 3 amide bonds. The summed E-state index contributed by atoms with van der Waals surface area (Å²) >= 11 is 0. The number of hydrogen-bond acceptors (Lipinski definition) is 8. The van der Waals surface area contributed by atoms with E-state index in [2.05, 4.69) is 16.0 Å². The smallest absolute Gasteiger partial charge is 0.407 e. The van der Waals surface area contributed by atoms with Crippen molar-refractivity contribution in [1.29, 1.82) is 0 Å². The van der Waals surface area contributed by atoms with Gasteiger partial charge < -0.3 is 30.2 Å². The first-order chi connectivity index (χ1) is 16.9. The summed E-state index contributed by atoms with van der Waals surface area (Å²) in [6.45, 7) is 4.55. The van der Waals surface area contributed by atoms with Crippen LogP contribution in [-0.4, -0.2) is 60.7 Å². The van der Waals surface area contributed by atoms with Crippen LogP contribution in [-0.2, 0) is 40.0 Å². The average Bonchev–Trinajstić information content (AvgIpc) is 3.29. The van der Waals surface area contributed by atoms with Crippen molar-refractivity contribution in [3.63, 3.8) is 0 Å². The molecule has 3 N–H and O–H groups in total. The Labute approximate surface area is 210 Å². The van der Waals surface area contributed by atoms with E-state index >= 15 is 0 Å². The van der Waals surface area contributed by atoms with Crippen LogP contribution in [0.25, 0.3) is 0 Å². The summed E-state index contributed by atoms with van der Waals surface area (Å²) in [5, 5.41) is 7.41. The molecule has 2 rings (SSSR count). The number of nitrogens with one attached hydrogen (secondary N) is 3. The van der Waals surface area contributed by atoms with Gasteiger partial charge in [-0.15, -0.1) is 0 Å². The number of methoxy groups -OCH3 is 1. The Bertz CT molecular complexity index is 936. The summed E-state index contributed by atoms with van der Waals surface area (Å²) in [5.41, 5.74) is -1.25. The van der Waals surface area contributed by atoms with Crippen LogP contribution in [0.15, 0.2) is 30.3 Å². The summed E-state index contributed by atoms with van der Waals surface area (Å²) in [6.07, 6.45) is 0.907. The number of rotatable bonds is 10. The summed E-state index contributed by atoms with van der Waals surface area (Å²) in [6, 6.07) is 7.66. The van der Waals surface area contributed by atoms with Gasteiger partial charge in [0.1, 0.15) is 30.3 Å². The largest absolute Gasteiger partial charge is 0.467 e. The van der Waals surface area contributed by atoms with Crippen LogP contribution >= 0.6 is 0 Å². The second-order valence-electron chi connectivity index (χ2n) is 9.60. The lowest BCUT2D eigenvalue weighted by molar-refractivity contribution is -0.157. The normalized spacial score (nSPS) is 15.2. The van der Waals surface area contributed by atoms with Gasteiger partial charge in [-0.2, -0.15) is 0 Å². The van der Waals surface area contributed by atoms with Gasteiger partial charge in [0.2, 0.25) is 11.8 Å². The van der Waals surface area contributed by atoms with E-state index in [1.165, 1.54) is 7.11 Å². The highest BCUT2D eigenvalue weighted by Crippen LogP contribution is 2.31. The van der Waals surface area contributed by atoms with Crippen molar-refractivity contribution in [3.8, 4) is 0 Å². The minimum absolute atomic E-state index is 0.0214. The maximum atomic E-state index is 13.1. The molecule has 0 spiro atoms. The minimum Gasteiger partial charge on any atom is -0.467 e. The Morgan fingerprint density at radius 2 is 1.67 bits per heavy atom. The molecule has 0 heterocycles. The minimum atomic E-state index is -1.34. The predicted octanol–water partition coefficient (Wildman–Crippen LogP) is 1.73. The van der Waals surface area contributed by atoms with Crippen LogP contribution in [0, 0.1) is 0 Å². The van der Waals surface area contributed by atoms with Crippen LogP contribution in [0.3, 0.4) is 0 Å². The molecule has 0 radical (unpaired) electrons. The SMILES string of the molecule is COC(=O)C1(NC(=O)C(CC(=O)OC(C)(C)C)NC(=O)CNC(=O)OCc2ccccc2)CCCC1. The molecule has 0 aliphatic heterocycles. The number of ether oxygens (including phenoxy) is 3. The highest BCUT2D eigenvalue weighted by molar-refractivity contribution is 5.95. The third-order valence-electron chi connectivity index (χ3n) is 5.44. The molecule has 0 aromatic heterocycles. The fraction of sp³-hybridized carbons (Fsp3) is 0.560. The van der Waals surface area contributed by atoms with Crippen LogP contribution in [0.2, 0.25) is 0 Å². The lowest BCUT2D eigenvalue weighted by Crippen LogP contribution is -2.59. The van der Waals surface area contributed by atoms with Gasteiger partial charge in [0.05, 0.1) is 13.5 Å². The number of hydrogen-bond donors (Lipinski definition) is 3. The third-order valence-corrected chi connectivity index (χ3v) is 5.44. The van der Waals surface area contributed by atoms with Crippen LogP contribution in [0.1, 0.15) is 58.4 Å². The van der Waals surface area contributed by atoms with Crippen LogP contribution < -0.4 is 16.0 Å². The van der Waals surface area contributed by atoms with Gasteiger partial charge in [-0.25, -0.2) is 9.59 Å². The highest BCUT2D eigenvalue weighted by atomic mass is 16.6. The second kappa shape index (κ2) is 12.9. The van der Waals surface area contributed by atoms with Crippen molar-refractivity contribution >= 4 is 29.8 Å². The van der Waals surface area contributed by atoms with Gasteiger partial charge in [-0.05, 0) is 39.2 Å². The number of amides is 3. The van der Waals surface area contributed by atoms with Crippen molar-refractivity contribution in [1.82, 2.24) is 16.0 Å². The number of esters is 2. The number of alkyl carbamates (subject to hydrolysis) is 1. The molecule has 1 aliphatic rings. The van der Waals surface area contributed by atoms with E-state index in [4.69, 9.17) is 14.2 Å². The van der Waals surface area contributed by atoms with Gasteiger partial charge in [0, 0.05) is 0 Å². The molecule has 11 heteroatoms. The molecule has 0 bridgehead atoms. The van der Waals surface area contributed by atoms with Gasteiger partial charge in [-0.3, -0.25) is 14.4 Å². The summed E-state index contributed by atoms with van der Waals surface area (Å²) in [5.74, 6) is -2.75. The van der Waals surface area contributed by atoms with Gasteiger partial charge in [0.25, 0.3) is 0 Å². The Hall–Kier alpha value is -3.63. The van der Waals surface area contributed by atoms with Crippen molar-refractivity contribution in [2.45, 2.75) is 76.7 Å². The lowest BCUT2D eigenvalue weighted by atomic mass is 9.96. The molecule has 1 unspecified atom stereocenters. The van der Waals surface area contributed by atoms with E-state index < -0.39 is 60.0 Å². The maximum Gasteiger partial charge on any atom is 0.407 e. The predicted molar refractivity (Wildman–Crippen MR) is 128 cm³/mol. The molecule has 0 saturated heterocycles. The fourth-order valence-corrected chi connectivity index (χ4v) is 3.81. The molecule has 36 heavy (non-hydrogen) atoms. The molecular weight excluding hydrogens is 470 g/mol. The molecule has 1 aromatic rings. The van der Waals surface area contributed by atoms with E-state index in [0.717, 1.165) is 5.56 Å². The Morgan fingerprint density at radius 3 is 2.25 bits per heavy atom. The van der Waals surface area contributed by atoms with Gasteiger partial charge >= 0.3 is 18.0 Å². The molecular formula is C25H35N3O8. The van der Waals surface area contributed by atoms with Crippen molar-refractivity contribution < 1.29 is 38.2 Å². The molecule has 1 aromatic carbocycles. The average molecular weight is 506 g/mol. The summed E-state index contributed by atoms with van der Waals surface area (Å²) in [7, 11) is 1.23. The molecule has 1 saturated carbocycles. The Morgan fingerprint density at radius 1 is 1.03 bits per heavy atom. The first kappa shape index (κ1) is 28.6. The highest BCUT2D eigenvalue weighted by Gasteiger charge is 2.45. The van der Waals surface area contributed by atoms with Crippen LogP contribution in [0.5, 0.6) is 0 Å². The maximum absolute atomic E-state index is 13.1. The topological polar surface area (TPSA) is 149 Å². The lowest BCUT2D eigenvalue weighted by Gasteiger charge is -2.30. The molecule has 1 atom stereocenters. The third kappa shape index (κ3) is 9.20. The van der Waals surface area contributed by atoms with E-state index in [9.17, 15) is 24.0 Å². The Kier molecular flexibility index (Phi) is 10.2. The monoisotopic (exact) mass is 505 g/mol. The summed E-state index contributed by atoms with van der Waals surface area (Å²) < 4.78 is 15.2. The summed E-state index contributed by atoms with van der Waals surface area (Å²) in [4.78, 5) is 62.4. The number of carbonyl (C=O) groups excluding carboxylic acids is 5. The first-order valence-corrected chi connectivity index (χ1v) is 11.8. The zero-order valence-corrected chi connectivity index (χ0v) is 21.2. The molecule has 1 fully saturated rings. The second-order valence-corrected chi connectivity index (χ2v) is 9.60. The quantitative estimate of drug-likeness (QED) is 0.322. The van der Waals surface area contributed by atoms with E-state index in [-0.39, 0.29) is 6.61 Å². The van der Waals surface area contributed by atoms with E-state index in [0.29, 0.717) is 25.7 Å². The van der Waals surface area contributed by atoms with Gasteiger partial charge in [-0.1, -0.05) is 43.2 Å². The fourth-order valence-electron chi connectivity index (χ4n) is 3.81. The van der Waals surface area contributed by atoms with Crippen molar-refractivity contribution in [2.24, 2.45) is 0 Å².